The molecule has 0 aromatic rings. The van der Waals surface area contributed by atoms with E-state index >= 15 is 0 Å². The lowest BCUT2D eigenvalue weighted by Gasteiger charge is -2.66. The lowest BCUT2D eigenvalue weighted by Crippen LogP contribution is -2.79. The molecule has 0 bridgehead atoms. The minimum atomic E-state index is -0.229. The summed E-state index contributed by atoms with van der Waals surface area (Å²) in [5, 5.41) is 10.6. The summed E-state index contributed by atoms with van der Waals surface area (Å²) in [6.45, 7) is 24.2. The Bertz CT molecular complexity index is 277. The van der Waals surface area contributed by atoms with E-state index in [1.807, 2.05) is 0 Å². The number of quaternary nitrogens is 1. The van der Waals surface area contributed by atoms with E-state index in [-0.39, 0.29) is 22.7 Å². The molecule has 0 fully saturated rings. The molecule has 0 spiro atoms. The van der Waals surface area contributed by atoms with Crippen molar-refractivity contribution >= 4 is 0 Å². The summed E-state index contributed by atoms with van der Waals surface area (Å²) in [7, 11) is 0. The molecule has 0 radical (unpaired) electrons. The summed E-state index contributed by atoms with van der Waals surface area (Å²) in [5.41, 5.74) is 0.402. The Morgan fingerprint density at radius 3 is 1.19 bits per heavy atom. The maximum Gasteiger partial charge on any atom is 0.106 e. The van der Waals surface area contributed by atoms with Crippen molar-refractivity contribution in [3.8, 4) is 0 Å². The minimum absolute atomic E-state index is 0.134. The Morgan fingerprint density at radius 1 is 0.714 bits per heavy atom. The molecule has 2 heteroatoms. The molecular weight excluding hydrogens is 258 g/mol. The fourth-order valence-electron chi connectivity index (χ4n) is 4.45. The van der Waals surface area contributed by atoms with Gasteiger partial charge in [-0.1, -0.05) is 27.7 Å². The van der Waals surface area contributed by atoms with Crippen LogP contribution in [0.15, 0.2) is 0 Å². The summed E-state index contributed by atoms with van der Waals surface area (Å²) >= 11 is 0. The van der Waals surface area contributed by atoms with Crippen LogP contribution in [0.1, 0.15) is 94.9 Å². The van der Waals surface area contributed by atoms with E-state index < -0.39 is 0 Å². The largest absolute Gasteiger partial charge is 0.387 e. The van der Waals surface area contributed by atoms with Crippen molar-refractivity contribution in [3.63, 3.8) is 0 Å². The molecule has 1 unspecified atom stereocenters. The van der Waals surface area contributed by atoms with Crippen LogP contribution in [0.4, 0.5) is 0 Å². The summed E-state index contributed by atoms with van der Waals surface area (Å²) in [6.07, 6.45) is 3.97. The van der Waals surface area contributed by atoms with Crippen molar-refractivity contribution in [2.24, 2.45) is 0 Å². The van der Waals surface area contributed by atoms with Gasteiger partial charge in [-0.15, -0.1) is 0 Å². The monoisotopic (exact) mass is 300 g/mol. The van der Waals surface area contributed by atoms with Gasteiger partial charge in [0.2, 0.25) is 0 Å². The highest BCUT2D eigenvalue weighted by atomic mass is 16.3. The second-order valence-electron chi connectivity index (χ2n) is 8.55. The van der Waals surface area contributed by atoms with Gasteiger partial charge in [0.15, 0.2) is 0 Å². The lowest BCUT2D eigenvalue weighted by atomic mass is 9.75. The first-order chi connectivity index (χ1) is 9.39. The third-order valence-electron chi connectivity index (χ3n) is 6.65. The highest BCUT2D eigenvalue weighted by Gasteiger charge is 2.60. The van der Waals surface area contributed by atoms with Gasteiger partial charge in [0.05, 0.1) is 16.6 Å². The summed E-state index contributed by atoms with van der Waals surface area (Å²) < 4.78 is 0.978. The Labute approximate surface area is 134 Å². The van der Waals surface area contributed by atoms with Crippen molar-refractivity contribution in [1.82, 2.24) is 0 Å². The number of hydrogen-bond donors (Lipinski definition) is 1. The molecule has 0 aliphatic rings. The van der Waals surface area contributed by atoms with E-state index in [1.54, 1.807) is 0 Å². The van der Waals surface area contributed by atoms with Gasteiger partial charge in [-0.2, -0.15) is 0 Å². The molecule has 2 nitrogen and oxygen atoms in total. The van der Waals surface area contributed by atoms with Gasteiger partial charge in [-0.25, -0.2) is 0 Å². The molecule has 0 aliphatic heterocycles. The van der Waals surface area contributed by atoms with Crippen LogP contribution in [-0.4, -0.2) is 38.9 Å². The van der Waals surface area contributed by atoms with Gasteiger partial charge in [0, 0.05) is 0 Å². The molecule has 0 aromatic heterocycles. The Balaban J connectivity index is 6.37. The molecule has 0 amide bonds. The number of aliphatic hydroxyl groups is 1. The first kappa shape index (κ1) is 20.9. The van der Waals surface area contributed by atoms with Crippen LogP contribution in [0.2, 0.25) is 0 Å². The van der Waals surface area contributed by atoms with E-state index in [2.05, 4.69) is 69.2 Å². The van der Waals surface area contributed by atoms with Crippen molar-refractivity contribution in [1.29, 1.82) is 0 Å². The van der Waals surface area contributed by atoms with Crippen molar-refractivity contribution in [2.45, 2.75) is 118 Å². The predicted molar refractivity (Wildman–Crippen MR) is 94.5 cm³/mol. The van der Waals surface area contributed by atoms with Gasteiger partial charge in [0.1, 0.15) is 12.6 Å². The number of rotatable bonds is 9. The van der Waals surface area contributed by atoms with Crippen LogP contribution in [0, 0.1) is 0 Å². The summed E-state index contributed by atoms with van der Waals surface area (Å²) in [4.78, 5) is 0. The average molecular weight is 301 g/mol. The Hall–Kier alpha value is -0.0800. The molecule has 21 heavy (non-hydrogen) atoms. The van der Waals surface area contributed by atoms with Crippen molar-refractivity contribution < 1.29 is 9.59 Å². The van der Waals surface area contributed by atoms with Gasteiger partial charge in [-0.3, -0.25) is 0 Å². The smallest absolute Gasteiger partial charge is 0.106 e. The van der Waals surface area contributed by atoms with Crippen LogP contribution in [0.3, 0.4) is 0 Å². The van der Waals surface area contributed by atoms with Crippen LogP contribution in [0.5, 0.6) is 0 Å². The van der Waals surface area contributed by atoms with Crippen LogP contribution in [-0.2, 0) is 0 Å². The maximum atomic E-state index is 10.6. The normalized spacial score (nSPS) is 16.1. The second-order valence-corrected chi connectivity index (χ2v) is 8.55. The fraction of sp³-hybridized carbons (Fsp3) is 1.00. The third-order valence-corrected chi connectivity index (χ3v) is 6.65. The van der Waals surface area contributed by atoms with Crippen LogP contribution >= 0.6 is 0 Å². The zero-order valence-corrected chi connectivity index (χ0v) is 16.5. The standard InChI is InChI=1S/C19H42NO/c1-11-16(21)15-20(17(5,6)12-2,18(7,8)13-3)19(9,10)14-4/h16,21H,11-15H2,1-10H3/q+1. The first-order valence-corrected chi connectivity index (χ1v) is 8.95. The van der Waals surface area contributed by atoms with Gasteiger partial charge >= 0.3 is 0 Å². The molecule has 0 saturated heterocycles. The number of hydrogen-bond acceptors (Lipinski definition) is 1. The molecule has 0 heterocycles. The van der Waals surface area contributed by atoms with E-state index in [1.165, 1.54) is 0 Å². The lowest BCUT2D eigenvalue weighted by molar-refractivity contribution is -1.05. The van der Waals surface area contributed by atoms with Crippen LogP contribution in [0.25, 0.3) is 0 Å². The SMILES string of the molecule is CCC(O)C[N+](C(C)(C)CC)(C(C)(C)CC)C(C)(C)CC. The molecule has 0 aliphatic carbocycles. The zero-order valence-electron chi connectivity index (χ0n) is 16.5. The molecule has 0 aromatic carbocycles. The summed E-state index contributed by atoms with van der Waals surface area (Å²) in [6, 6.07) is 0. The van der Waals surface area contributed by atoms with Crippen LogP contribution < -0.4 is 0 Å². The predicted octanol–water partition coefficient (Wildman–Crippen LogP) is 5.14. The molecule has 1 N–H and O–H groups in total. The minimum Gasteiger partial charge on any atom is -0.387 e. The first-order valence-electron chi connectivity index (χ1n) is 8.95. The Morgan fingerprint density at radius 2 is 1.00 bits per heavy atom. The van der Waals surface area contributed by atoms with E-state index in [0.717, 1.165) is 36.7 Å². The molecule has 0 saturated carbocycles. The van der Waals surface area contributed by atoms with E-state index in [9.17, 15) is 5.11 Å². The highest BCUT2D eigenvalue weighted by molar-refractivity contribution is 4.88. The van der Waals surface area contributed by atoms with Gasteiger partial charge in [-0.05, 0) is 67.2 Å². The second kappa shape index (κ2) is 7.00. The molecular formula is C19H42NO+. The average Bonchev–Trinajstić information content (AvgIpc) is 2.43. The van der Waals surface area contributed by atoms with Gasteiger partial charge in [0.25, 0.3) is 0 Å². The highest BCUT2D eigenvalue weighted by Crippen LogP contribution is 2.48. The zero-order chi connectivity index (χ0) is 17.1. The molecule has 128 valence electrons. The van der Waals surface area contributed by atoms with E-state index in [0.29, 0.717) is 0 Å². The quantitative estimate of drug-likeness (QED) is 0.585. The summed E-state index contributed by atoms with van der Waals surface area (Å²) in [5.74, 6) is 0. The van der Waals surface area contributed by atoms with Crippen molar-refractivity contribution in [3.05, 3.63) is 0 Å². The third kappa shape index (κ3) is 3.47. The number of nitrogens with zero attached hydrogens (tertiary/aromatic N) is 1. The van der Waals surface area contributed by atoms with Gasteiger partial charge < -0.3 is 9.59 Å². The van der Waals surface area contributed by atoms with Crippen molar-refractivity contribution in [2.75, 3.05) is 6.54 Å². The topological polar surface area (TPSA) is 20.2 Å². The molecule has 1 atom stereocenters. The molecule has 0 rings (SSSR count). The Kier molecular flexibility index (Phi) is 6.97. The van der Waals surface area contributed by atoms with E-state index in [4.69, 9.17) is 0 Å². The fourth-order valence-corrected chi connectivity index (χ4v) is 4.45. The number of aliphatic hydroxyl groups excluding tert-OH is 1. The maximum absolute atomic E-state index is 10.6.